The van der Waals surface area contributed by atoms with E-state index in [0.29, 0.717) is 17.8 Å². The molecule has 20 heavy (non-hydrogen) atoms. The molecule has 1 nitrogen and oxygen atoms in total. The minimum absolute atomic E-state index is 0.292. The number of thiophene rings is 1. The molecule has 0 bridgehead atoms. The van der Waals surface area contributed by atoms with E-state index in [9.17, 15) is 8.78 Å². The van der Waals surface area contributed by atoms with Crippen LogP contribution in [0.15, 0.2) is 33.9 Å². The fourth-order valence-electron chi connectivity index (χ4n) is 2.43. The third kappa shape index (κ3) is 2.90. The van der Waals surface area contributed by atoms with Gasteiger partial charge in [0.25, 0.3) is 0 Å². The van der Waals surface area contributed by atoms with Gasteiger partial charge in [-0.05, 0) is 41.1 Å². The molecule has 1 aliphatic heterocycles. The van der Waals surface area contributed by atoms with E-state index in [2.05, 4.69) is 23.7 Å². The molecule has 5 heteroatoms. The molecule has 3 rings (SSSR count). The first-order valence-corrected chi connectivity index (χ1v) is 8.31. The van der Waals surface area contributed by atoms with Crippen LogP contribution in [0.4, 0.5) is 8.78 Å². The number of fused-ring (bicyclic) bond motifs is 1. The molecular weight excluding hydrogens is 296 g/mol. The minimum atomic E-state index is -0.795. The highest BCUT2D eigenvalue weighted by molar-refractivity contribution is 8.01. The molecule has 0 radical (unpaired) electrons. The van der Waals surface area contributed by atoms with E-state index in [1.807, 2.05) is 11.8 Å². The van der Waals surface area contributed by atoms with Crippen molar-refractivity contribution in [2.24, 2.45) is 0 Å². The number of rotatable bonds is 3. The first kappa shape index (κ1) is 14.0. The Bertz CT molecular complexity index is 612. The predicted molar refractivity (Wildman–Crippen MR) is 80.2 cm³/mol. The van der Waals surface area contributed by atoms with Crippen molar-refractivity contribution in [1.29, 1.82) is 0 Å². The molecule has 0 fully saturated rings. The minimum Gasteiger partial charge on any atom is -0.306 e. The molecule has 0 spiro atoms. The van der Waals surface area contributed by atoms with Gasteiger partial charge in [-0.2, -0.15) is 0 Å². The van der Waals surface area contributed by atoms with Crippen LogP contribution >= 0.6 is 23.1 Å². The SMILES string of the molecule is C[C@H]1CC(NCc2ccc(F)c(F)c2)c2ccsc2S1. The molecule has 2 heterocycles. The van der Waals surface area contributed by atoms with Crippen molar-refractivity contribution in [3.8, 4) is 0 Å². The van der Waals surface area contributed by atoms with Crippen LogP contribution < -0.4 is 5.32 Å². The molecule has 1 unspecified atom stereocenters. The van der Waals surface area contributed by atoms with E-state index < -0.39 is 11.6 Å². The first-order chi connectivity index (χ1) is 9.63. The molecule has 0 saturated carbocycles. The average Bonchev–Trinajstić information content (AvgIpc) is 2.88. The Labute approximate surface area is 125 Å². The number of hydrogen-bond acceptors (Lipinski definition) is 3. The Hall–Kier alpha value is -0.910. The van der Waals surface area contributed by atoms with Gasteiger partial charge in [0, 0.05) is 17.8 Å². The molecule has 2 aromatic rings. The van der Waals surface area contributed by atoms with Crippen molar-refractivity contribution in [3.63, 3.8) is 0 Å². The van der Waals surface area contributed by atoms with Crippen molar-refractivity contribution in [1.82, 2.24) is 5.32 Å². The maximum Gasteiger partial charge on any atom is 0.159 e. The van der Waals surface area contributed by atoms with Gasteiger partial charge in [0.05, 0.1) is 4.21 Å². The van der Waals surface area contributed by atoms with Gasteiger partial charge in [0.1, 0.15) is 0 Å². The molecule has 1 N–H and O–H groups in total. The fourth-order valence-corrected chi connectivity index (χ4v) is 5.00. The largest absolute Gasteiger partial charge is 0.306 e. The van der Waals surface area contributed by atoms with Crippen LogP contribution in [0.25, 0.3) is 0 Å². The molecule has 1 aromatic carbocycles. The Kier molecular flexibility index (Phi) is 4.10. The molecule has 0 aliphatic carbocycles. The highest BCUT2D eigenvalue weighted by Crippen LogP contribution is 2.43. The van der Waals surface area contributed by atoms with Gasteiger partial charge in [-0.25, -0.2) is 8.78 Å². The van der Waals surface area contributed by atoms with Crippen molar-refractivity contribution in [2.75, 3.05) is 0 Å². The van der Waals surface area contributed by atoms with Crippen LogP contribution in [0, 0.1) is 11.6 Å². The second-order valence-corrected chi connectivity index (χ2v) is 7.63. The second-order valence-electron chi connectivity index (χ2n) is 5.01. The Morgan fingerprint density at radius 3 is 2.90 bits per heavy atom. The predicted octanol–water partition coefficient (Wildman–Crippen LogP) is 4.74. The summed E-state index contributed by atoms with van der Waals surface area (Å²) in [7, 11) is 0. The lowest BCUT2D eigenvalue weighted by atomic mass is 10.0. The molecule has 2 atom stereocenters. The molecule has 0 saturated heterocycles. The summed E-state index contributed by atoms with van der Waals surface area (Å²) in [5, 5.41) is 6.15. The average molecular weight is 311 g/mol. The number of benzene rings is 1. The monoisotopic (exact) mass is 311 g/mol. The van der Waals surface area contributed by atoms with Crippen LogP contribution in [0.3, 0.4) is 0 Å². The van der Waals surface area contributed by atoms with Gasteiger partial charge in [-0.1, -0.05) is 13.0 Å². The Morgan fingerprint density at radius 2 is 2.10 bits per heavy atom. The van der Waals surface area contributed by atoms with E-state index in [1.54, 1.807) is 17.4 Å². The van der Waals surface area contributed by atoms with Gasteiger partial charge < -0.3 is 5.32 Å². The lowest BCUT2D eigenvalue weighted by Crippen LogP contribution is -2.26. The summed E-state index contributed by atoms with van der Waals surface area (Å²) in [5.74, 6) is -1.58. The van der Waals surface area contributed by atoms with Crippen LogP contribution in [0.2, 0.25) is 0 Å². The molecule has 1 aliphatic rings. The summed E-state index contributed by atoms with van der Waals surface area (Å²) >= 11 is 3.69. The Balaban J connectivity index is 1.71. The quantitative estimate of drug-likeness (QED) is 0.878. The number of hydrogen-bond donors (Lipinski definition) is 1. The summed E-state index contributed by atoms with van der Waals surface area (Å²) in [5.41, 5.74) is 2.10. The maximum atomic E-state index is 13.2. The number of thioether (sulfide) groups is 1. The second kappa shape index (κ2) is 5.84. The zero-order valence-electron chi connectivity index (χ0n) is 11.0. The number of nitrogens with one attached hydrogen (secondary N) is 1. The van der Waals surface area contributed by atoms with E-state index >= 15 is 0 Å². The van der Waals surface area contributed by atoms with Crippen molar-refractivity contribution in [3.05, 3.63) is 52.4 Å². The maximum absolute atomic E-state index is 13.2. The van der Waals surface area contributed by atoms with Gasteiger partial charge in [0.2, 0.25) is 0 Å². The van der Waals surface area contributed by atoms with E-state index in [4.69, 9.17) is 0 Å². The summed E-state index contributed by atoms with van der Waals surface area (Å²) in [6.45, 7) is 2.77. The van der Waals surface area contributed by atoms with Gasteiger partial charge in [-0.15, -0.1) is 23.1 Å². The van der Waals surface area contributed by atoms with Crippen LogP contribution in [-0.2, 0) is 6.54 Å². The molecule has 1 aromatic heterocycles. The fraction of sp³-hybridized carbons (Fsp3) is 0.333. The van der Waals surface area contributed by atoms with Crippen molar-refractivity contribution < 1.29 is 8.78 Å². The lowest BCUT2D eigenvalue weighted by Gasteiger charge is -2.27. The third-order valence-electron chi connectivity index (χ3n) is 3.45. The smallest absolute Gasteiger partial charge is 0.159 e. The van der Waals surface area contributed by atoms with E-state index in [1.165, 1.54) is 21.9 Å². The Morgan fingerprint density at radius 1 is 1.25 bits per heavy atom. The van der Waals surface area contributed by atoms with Crippen LogP contribution in [-0.4, -0.2) is 5.25 Å². The van der Waals surface area contributed by atoms with Gasteiger partial charge in [-0.3, -0.25) is 0 Å². The lowest BCUT2D eigenvalue weighted by molar-refractivity contribution is 0.481. The van der Waals surface area contributed by atoms with E-state index in [0.717, 1.165) is 12.0 Å². The highest BCUT2D eigenvalue weighted by atomic mass is 32.2. The first-order valence-electron chi connectivity index (χ1n) is 6.55. The van der Waals surface area contributed by atoms with Crippen molar-refractivity contribution >= 4 is 23.1 Å². The zero-order chi connectivity index (χ0) is 14.1. The summed E-state index contributed by atoms with van der Waals surface area (Å²) in [6.07, 6.45) is 1.05. The molecule has 106 valence electrons. The highest BCUT2D eigenvalue weighted by Gasteiger charge is 2.25. The topological polar surface area (TPSA) is 12.0 Å². The normalized spacial score (nSPS) is 21.8. The van der Waals surface area contributed by atoms with Crippen LogP contribution in [0.5, 0.6) is 0 Å². The van der Waals surface area contributed by atoms with Crippen molar-refractivity contribution in [2.45, 2.75) is 35.4 Å². The van der Waals surface area contributed by atoms with E-state index in [-0.39, 0.29) is 0 Å². The zero-order valence-corrected chi connectivity index (χ0v) is 12.7. The van der Waals surface area contributed by atoms with Gasteiger partial charge >= 0.3 is 0 Å². The van der Waals surface area contributed by atoms with Crippen LogP contribution in [0.1, 0.15) is 30.5 Å². The summed E-state index contributed by atoms with van der Waals surface area (Å²) in [4.78, 5) is 0. The number of halogens is 2. The third-order valence-corrected chi connectivity index (χ3v) is 5.79. The standard InChI is InChI=1S/C15H15F2NS2/c1-9-6-14(11-4-5-19-15(11)20-9)18-8-10-2-3-12(16)13(17)7-10/h2-5,7,9,14,18H,6,8H2,1H3/t9-,14?/m0/s1. The summed E-state index contributed by atoms with van der Waals surface area (Å²) in [6, 6.07) is 6.52. The summed E-state index contributed by atoms with van der Waals surface area (Å²) < 4.78 is 27.5. The molecule has 0 amide bonds. The van der Waals surface area contributed by atoms with Gasteiger partial charge in [0.15, 0.2) is 11.6 Å². The molecular formula is C15H15F2NS2.